The summed E-state index contributed by atoms with van der Waals surface area (Å²) in [6.45, 7) is 4.69. The lowest BCUT2D eigenvalue weighted by Crippen LogP contribution is -2.22. The molecule has 0 saturated heterocycles. The number of carbonyl (C=O) groups is 2. The molecule has 1 heterocycles. The van der Waals surface area contributed by atoms with Gasteiger partial charge in [-0.2, -0.15) is 0 Å². The van der Waals surface area contributed by atoms with Gasteiger partial charge in [0.15, 0.2) is 5.76 Å². The van der Waals surface area contributed by atoms with E-state index in [1.54, 1.807) is 24.3 Å². The van der Waals surface area contributed by atoms with Crippen molar-refractivity contribution >= 4 is 17.5 Å². The summed E-state index contributed by atoms with van der Waals surface area (Å²) in [4.78, 5) is 23.5. The topological polar surface area (TPSA) is 71.3 Å². The molecule has 5 heteroatoms. The molecule has 2 amide bonds. The quantitative estimate of drug-likeness (QED) is 0.820. The summed E-state index contributed by atoms with van der Waals surface area (Å²) < 4.78 is 5.04. The van der Waals surface area contributed by atoms with Crippen LogP contribution >= 0.6 is 0 Å². The maximum absolute atomic E-state index is 11.8. The number of anilines is 1. The third kappa shape index (κ3) is 5.62. The van der Waals surface area contributed by atoms with Crippen molar-refractivity contribution in [3.05, 3.63) is 54.0 Å². The Balaban J connectivity index is 1.80. The van der Waals surface area contributed by atoms with Gasteiger partial charge in [0.05, 0.1) is 6.26 Å². The van der Waals surface area contributed by atoms with E-state index in [-0.39, 0.29) is 17.6 Å². The predicted molar refractivity (Wildman–Crippen MR) is 89.0 cm³/mol. The first-order valence-corrected chi connectivity index (χ1v) is 7.75. The molecule has 0 bridgehead atoms. The van der Waals surface area contributed by atoms with Gasteiger partial charge in [0.2, 0.25) is 5.91 Å². The van der Waals surface area contributed by atoms with E-state index in [2.05, 4.69) is 24.5 Å². The van der Waals surface area contributed by atoms with E-state index in [1.165, 1.54) is 6.26 Å². The molecule has 2 rings (SSSR count). The van der Waals surface area contributed by atoms with Gasteiger partial charge in [0, 0.05) is 18.7 Å². The Bertz CT molecular complexity index is 631. The summed E-state index contributed by atoms with van der Waals surface area (Å²) in [5.41, 5.74) is 1.67. The molecule has 0 fully saturated rings. The maximum Gasteiger partial charge on any atom is 0.291 e. The summed E-state index contributed by atoms with van der Waals surface area (Å²) in [7, 11) is 0. The number of furan rings is 1. The highest BCUT2D eigenvalue weighted by atomic mass is 16.3. The Morgan fingerprint density at radius 1 is 1.13 bits per heavy atom. The van der Waals surface area contributed by atoms with Crippen molar-refractivity contribution in [1.82, 2.24) is 5.32 Å². The molecule has 122 valence electrons. The normalized spacial score (nSPS) is 10.6. The van der Waals surface area contributed by atoms with Gasteiger partial charge in [-0.15, -0.1) is 0 Å². The Labute approximate surface area is 136 Å². The Morgan fingerprint density at radius 3 is 2.48 bits per heavy atom. The van der Waals surface area contributed by atoms with Gasteiger partial charge in [-0.3, -0.25) is 9.59 Å². The molecule has 0 aliphatic heterocycles. The van der Waals surface area contributed by atoms with Gasteiger partial charge in [-0.1, -0.05) is 26.0 Å². The van der Waals surface area contributed by atoms with Gasteiger partial charge in [0.25, 0.3) is 5.91 Å². The van der Waals surface area contributed by atoms with Crippen molar-refractivity contribution < 1.29 is 14.0 Å². The first-order valence-electron chi connectivity index (χ1n) is 7.75. The molecule has 0 unspecified atom stereocenters. The van der Waals surface area contributed by atoms with Gasteiger partial charge in [-0.25, -0.2) is 0 Å². The Kier molecular flexibility index (Phi) is 5.97. The third-order valence-electron chi connectivity index (χ3n) is 3.40. The van der Waals surface area contributed by atoms with Crippen LogP contribution in [0, 0.1) is 5.92 Å². The molecule has 5 nitrogen and oxygen atoms in total. The van der Waals surface area contributed by atoms with Crippen LogP contribution in [0.3, 0.4) is 0 Å². The zero-order valence-electron chi connectivity index (χ0n) is 13.5. The van der Waals surface area contributed by atoms with E-state index in [1.807, 2.05) is 12.1 Å². The predicted octanol–water partition coefficient (Wildman–Crippen LogP) is 3.58. The average molecular weight is 314 g/mol. The number of rotatable bonds is 7. The van der Waals surface area contributed by atoms with Crippen molar-refractivity contribution in [2.24, 2.45) is 5.92 Å². The SMILES string of the molecule is CC(C)CCC(=O)NCc1ccc(NC(=O)c2ccco2)cc1. The van der Waals surface area contributed by atoms with Gasteiger partial charge in [0.1, 0.15) is 0 Å². The van der Waals surface area contributed by atoms with Crippen LogP contribution in [0.1, 0.15) is 42.8 Å². The van der Waals surface area contributed by atoms with Gasteiger partial charge >= 0.3 is 0 Å². The summed E-state index contributed by atoms with van der Waals surface area (Å²) in [6, 6.07) is 10.6. The number of hydrogen-bond donors (Lipinski definition) is 2. The van der Waals surface area contributed by atoms with Crippen LogP contribution in [0.15, 0.2) is 47.1 Å². The number of benzene rings is 1. The largest absolute Gasteiger partial charge is 0.459 e. The molecular formula is C18H22N2O3. The van der Waals surface area contributed by atoms with Crippen LogP contribution in [-0.4, -0.2) is 11.8 Å². The second-order valence-electron chi connectivity index (χ2n) is 5.84. The van der Waals surface area contributed by atoms with E-state index >= 15 is 0 Å². The highest BCUT2D eigenvalue weighted by Gasteiger charge is 2.08. The molecule has 0 spiro atoms. The Hall–Kier alpha value is -2.56. The van der Waals surface area contributed by atoms with Gasteiger partial charge in [-0.05, 0) is 42.2 Å². The van der Waals surface area contributed by atoms with Crippen molar-refractivity contribution in [2.75, 3.05) is 5.32 Å². The lowest BCUT2D eigenvalue weighted by molar-refractivity contribution is -0.121. The highest BCUT2D eigenvalue weighted by Crippen LogP contribution is 2.12. The molecule has 0 aliphatic carbocycles. The number of hydrogen-bond acceptors (Lipinski definition) is 3. The first kappa shape index (κ1) is 16.8. The van der Waals surface area contributed by atoms with E-state index in [0.717, 1.165) is 12.0 Å². The van der Waals surface area contributed by atoms with Crippen LogP contribution < -0.4 is 10.6 Å². The van der Waals surface area contributed by atoms with E-state index in [0.29, 0.717) is 24.6 Å². The third-order valence-corrected chi connectivity index (χ3v) is 3.40. The summed E-state index contributed by atoms with van der Waals surface area (Å²) in [5, 5.41) is 5.64. The fraction of sp³-hybridized carbons (Fsp3) is 0.333. The summed E-state index contributed by atoms with van der Waals surface area (Å²) in [6.07, 6.45) is 2.90. The monoisotopic (exact) mass is 314 g/mol. The lowest BCUT2D eigenvalue weighted by Gasteiger charge is -2.08. The second-order valence-corrected chi connectivity index (χ2v) is 5.84. The highest BCUT2D eigenvalue weighted by molar-refractivity contribution is 6.02. The molecule has 0 aliphatic rings. The fourth-order valence-electron chi connectivity index (χ4n) is 2.02. The molecule has 0 atom stereocenters. The molecule has 1 aromatic carbocycles. The van der Waals surface area contributed by atoms with E-state index in [4.69, 9.17) is 4.42 Å². The van der Waals surface area contributed by atoms with Crippen molar-refractivity contribution in [2.45, 2.75) is 33.2 Å². The zero-order chi connectivity index (χ0) is 16.7. The van der Waals surface area contributed by atoms with Crippen LogP contribution in [0.25, 0.3) is 0 Å². The number of nitrogens with one attached hydrogen (secondary N) is 2. The van der Waals surface area contributed by atoms with Crippen LogP contribution in [0.5, 0.6) is 0 Å². The van der Waals surface area contributed by atoms with Gasteiger partial charge < -0.3 is 15.1 Å². The molecule has 2 N–H and O–H groups in total. The molecule has 0 radical (unpaired) electrons. The fourth-order valence-corrected chi connectivity index (χ4v) is 2.02. The average Bonchev–Trinajstić information content (AvgIpc) is 3.07. The first-order chi connectivity index (χ1) is 11.0. The van der Waals surface area contributed by atoms with E-state index in [9.17, 15) is 9.59 Å². The molecule has 1 aromatic heterocycles. The Morgan fingerprint density at radius 2 is 1.87 bits per heavy atom. The number of carbonyl (C=O) groups excluding carboxylic acids is 2. The van der Waals surface area contributed by atoms with Crippen LogP contribution in [-0.2, 0) is 11.3 Å². The molecule has 23 heavy (non-hydrogen) atoms. The van der Waals surface area contributed by atoms with Crippen molar-refractivity contribution in [3.63, 3.8) is 0 Å². The standard InChI is InChI=1S/C18H22N2O3/c1-13(2)5-10-17(21)19-12-14-6-8-15(9-7-14)20-18(22)16-4-3-11-23-16/h3-4,6-9,11,13H,5,10,12H2,1-2H3,(H,19,21)(H,20,22). The lowest BCUT2D eigenvalue weighted by atomic mass is 10.1. The van der Waals surface area contributed by atoms with E-state index < -0.39 is 0 Å². The minimum Gasteiger partial charge on any atom is -0.459 e. The van der Waals surface area contributed by atoms with Crippen LogP contribution in [0.4, 0.5) is 5.69 Å². The van der Waals surface area contributed by atoms with Crippen molar-refractivity contribution in [3.8, 4) is 0 Å². The molecule has 2 aromatic rings. The number of amides is 2. The van der Waals surface area contributed by atoms with Crippen LogP contribution in [0.2, 0.25) is 0 Å². The minimum absolute atomic E-state index is 0.0638. The summed E-state index contributed by atoms with van der Waals surface area (Å²) in [5.74, 6) is 0.572. The summed E-state index contributed by atoms with van der Waals surface area (Å²) >= 11 is 0. The smallest absolute Gasteiger partial charge is 0.291 e. The maximum atomic E-state index is 11.8. The minimum atomic E-state index is -0.287. The second kappa shape index (κ2) is 8.17. The molecular weight excluding hydrogens is 292 g/mol. The molecule has 0 saturated carbocycles. The zero-order valence-corrected chi connectivity index (χ0v) is 13.5. The van der Waals surface area contributed by atoms with Crippen molar-refractivity contribution in [1.29, 1.82) is 0 Å².